The molecule has 2 aliphatic carbocycles. The van der Waals surface area contributed by atoms with Crippen LogP contribution in [0.3, 0.4) is 0 Å². The summed E-state index contributed by atoms with van der Waals surface area (Å²) in [5.41, 5.74) is 1.93. The monoisotopic (exact) mass is 340 g/mol. The van der Waals surface area contributed by atoms with Crippen LogP contribution in [0.4, 0.5) is 0 Å². The maximum absolute atomic E-state index is 6.75. The van der Waals surface area contributed by atoms with Crippen LogP contribution >= 0.6 is 0 Å². The van der Waals surface area contributed by atoms with E-state index in [1.165, 1.54) is 44.9 Å². The molecule has 2 fully saturated rings. The molecule has 0 spiro atoms. The molecule has 2 saturated carbocycles. The predicted molar refractivity (Wildman–Crippen MR) is 101 cm³/mol. The first-order valence-electron chi connectivity index (χ1n) is 10.2. The van der Waals surface area contributed by atoms with Crippen LogP contribution in [0.1, 0.15) is 92.4 Å². The Morgan fingerprint density at radius 2 is 1.43 bits per heavy atom. The average molecular weight is 341 g/mol. The van der Waals surface area contributed by atoms with E-state index in [2.05, 4.69) is 34.6 Å². The Balaban J connectivity index is 2.22. The smallest absolute Gasteiger partial charge is 0.344 e. The second kappa shape index (κ2) is 8.49. The lowest BCUT2D eigenvalue weighted by Crippen LogP contribution is -2.52. The van der Waals surface area contributed by atoms with E-state index in [0.29, 0.717) is 11.0 Å². The third-order valence-electron chi connectivity index (χ3n) is 6.19. The van der Waals surface area contributed by atoms with E-state index in [-0.39, 0.29) is 0 Å². The zero-order valence-electron chi connectivity index (χ0n) is 16.3. The van der Waals surface area contributed by atoms with Gasteiger partial charge in [-0.15, -0.1) is 0 Å². The Hall–Kier alpha value is 0.137. The van der Waals surface area contributed by atoms with Crippen LogP contribution in [-0.4, -0.2) is 21.8 Å². The van der Waals surface area contributed by atoms with Gasteiger partial charge in [-0.1, -0.05) is 47.5 Å². The van der Waals surface area contributed by atoms with Crippen LogP contribution in [0, 0.1) is 11.3 Å². The second-order valence-electron chi connectivity index (χ2n) is 8.98. The SMILES string of the molecule is CCCO[Si](OCCC)(C1CCC(C)CC1)C1CCC(C)(C)C1. The molecule has 0 aromatic rings. The topological polar surface area (TPSA) is 18.5 Å². The van der Waals surface area contributed by atoms with E-state index < -0.39 is 8.56 Å². The lowest BCUT2D eigenvalue weighted by molar-refractivity contribution is 0.136. The molecule has 1 unspecified atom stereocenters. The molecule has 2 nitrogen and oxygen atoms in total. The van der Waals surface area contributed by atoms with E-state index in [1.54, 1.807) is 0 Å². The van der Waals surface area contributed by atoms with E-state index in [4.69, 9.17) is 8.85 Å². The third kappa shape index (κ3) is 4.82. The lowest BCUT2D eigenvalue weighted by Gasteiger charge is -2.44. The Bertz CT molecular complexity index is 340. The molecule has 0 aromatic heterocycles. The number of rotatable bonds is 8. The largest absolute Gasteiger partial charge is 0.394 e. The highest BCUT2D eigenvalue weighted by atomic mass is 28.4. The molecule has 0 saturated heterocycles. The van der Waals surface area contributed by atoms with Gasteiger partial charge < -0.3 is 8.85 Å². The Labute approximate surface area is 146 Å². The quantitative estimate of drug-likeness (QED) is 0.473. The van der Waals surface area contributed by atoms with Crippen molar-refractivity contribution in [2.45, 2.75) is 103 Å². The fourth-order valence-electron chi connectivity index (χ4n) is 4.81. The van der Waals surface area contributed by atoms with Gasteiger partial charge in [0.15, 0.2) is 0 Å². The fraction of sp³-hybridized carbons (Fsp3) is 1.00. The summed E-state index contributed by atoms with van der Waals surface area (Å²) < 4.78 is 13.5. The van der Waals surface area contributed by atoms with Crippen LogP contribution in [0.15, 0.2) is 0 Å². The Morgan fingerprint density at radius 3 is 1.87 bits per heavy atom. The van der Waals surface area contributed by atoms with Gasteiger partial charge in [-0.25, -0.2) is 0 Å². The summed E-state index contributed by atoms with van der Waals surface area (Å²) in [7, 11) is -2.12. The number of hydrogen-bond donors (Lipinski definition) is 0. The van der Waals surface area contributed by atoms with Crippen molar-refractivity contribution in [2.24, 2.45) is 11.3 Å². The van der Waals surface area contributed by atoms with Gasteiger partial charge in [-0.3, -0.25) is 0 Å². The molecular weight excluding hydrogens is 300 g/mol. The summed E-state index contributed by atoms with van der Waals surface area (Å²) in [5, 5.41) is 0. The molecule has 2 rings (SSSR count). The van der Waals surface area contributed by atoms with Crippen molar-refractivity contribution in [3.8, 4) is 0 Å². The van der Waals surface area contributed by atoms with Crippen molar-refractivity contribution in [2.75, 3.05) is 13.2 Å². The predicted octanol–water partition coefficient (Wildman–Crippen LogP) is 6.44. The molecule has 0 amide bonds. The first kappa shape index (κ1) is 19.5. The van der Waals surface area contributed by atoms with Gasteiger partial charge in [-0.2, -0.15) is 0 Å². The van der Waals surface area contributed by atoms with E-state index in [9.17, 15) is 0 Å². The second-order valence-corrected chi connectivity index (χ2v) is 12.6. The molecule has 0 bridgehead atoms. The summed E-state index contributed by atoms with van der Waals surface area (Å²) in [4.78, 5) is 0. The number of hydrogen-bond acceptors (Lipinski definition) is 2. The molecule has 0 heterocycles. The van der Waals surface area contributed by atoms with Crippen LogP contribution in [0.2, 0.25) is 11.1 Å². The van der Waals surface area contributed by atoms with Crippen LogP contribution in [0.25, 0.3) is 0 Å². The van der Waals surface area contributed by atoms with Crippen molar-refractivity contribution in [1.82, 2.24) is 0 Å². The normalized spacial score (nSPS) is 31.4. The van der Waals surface area contributed by atoms with Crippen LogP contribution in [-0.2, 0) is 8.85 Å². The lowest BCUT2D eigenvalue weighted by atomic mass is 9.90. The molecule has 0 aromatic carbocycles. The maximum atomic E-state index is 6.75. The van der Waals surface area contributed by atoms with Crippen molar-refractivity contribution >= 4 is 8.56 Å². The van der Waals surface area contributed by atoms with Gasteiger partial charge in [0.2, 0.25) is 0 Å². The van der Waals surface area contributed by atoms with Gasteiger partial charge in [0.1, 0.15) is 0 Å². The summed E-state index contributed by atoms with van der Waals surface area (Å²) in [5.74, 6) is 0.898. The molecule has 23 heavy (non-hydrogen) atoms. The van der Waals surface area contributed by atoms with Crippen LogP contribution < -0.4 is 0 Å². The van der Waals surface area contributed by atoms with Gasteiger partial charge in [0.25, 0.3) is 0 Å². The molecule has 3 heteroatoms. The molecular formula is C20H40O2Si. The minimum atomic E-state index is -2.12. The summed E-state index contributed by atoms with van der Waals surface area (Å²) in [6, 6.07) is 0. The highest BCUT2D eigenvalue weighted by Gasteiger charge is 2.55. The van der Waals surface area contributed by atoms with Crippen molar-refractivity contribution in [3.63, 3.8) is 0 Å². The van der Waals surface area contributed by atoms with E-state index in [1.807, 2.05) is 0 Å². The summed E-state index contributed by atoms with van der Waals surface area (Å²) in [6.45, 7) is 13.6. The minimum Gasteiger partial charge on any atom is -0.394 e. The molecule has 2 aliphatic rings. The highest BCUT2D eigenvalue weighted by molar-refractivity contribution is 6.70. The van der Waals surface area contributed by atoms with Gasteiger partial charge in [-0.05, 0) is 56.3 Å². The highest BCUT2D eigenvalue weighted by Crippen LogP contribution is 2.55. The Kier molecular flexibility index (Phi) is 7.18. The summed E-state index contributed by atoms with van der Waals surface area (Å²) >= 11 is 0. The average Bonchev–Trinajstić information content (AvgIpc) is 2.89. The molecule has 0 radical (unpaired) electrons. The third-order valence-corrected chi connectivity index (χ3v) is 10.8. The van der Waals surface area contributed by atoms with E-state index in [0.717, 1.165) is 37.5 Å². The zero-order valence-corrected chi connectivity index (χ0v) is 17.3. The standard InChI is InChI=1S/C20H40O2Si/c1-6-14-21-23(22-15-7-2,18-10-8-17(3)9-11-18)19-12-13-20(4,5)16-19/h17-19H,6-16H2,1-5H3. The van der Waals surface area contributed by atoms with Crippen molar-refractivity contribution in [1.29, 1.82) is 0 Å². The van der Waals surface area contributed by atoms with Crippen molar-refractivity contribution in [3.05, 3.63) is 0 Å². The van der Waals surface area contributed by atoms with Crippen LogP contribution in [0.5, 0.6) is 0 Å². The summed E-state index contributed by atoms with van der Waals surface area (Å²) in [6.07, 6.45) is 11.7. The van der Waals surface area contributed by atoms with Gasteiger partial charge in [0.05, 0.1) is 0 Å². The molecule has 0 N–H and O–H groups in total. The Morgan fingerprint density at radius 1 is 0.870 bits per heavy atom. The van der Waals surface area contributed by atoms with Gasteiger partial charge in [0, 0.05) is 24.3 Å². The van der Waals surface area contributed by atoms with Gasteiger partial charge >= 0.3 is 8.56 Å². The first-order valence-corrected chi connectivity index (χ1v) is 12.2. The molecule has 1 atom stereocenters. The minimum absolute atomic E-state index is 0.482. The fourth-order valence-corrected chi connectivity index (χ4v) is 10.1. The molecule has 0 aliphatic heterocycles. The maximum Gasteiger partial charge on any atom is 0.344 e. The first-order chi connectivity index (χ1) is 10.9. The van der Waals surface area contributed by atoms with Crippen molar-refractivity contribution < 1.29 is 8.85 Å². The zero-order chi connectivity index (χ0) is 16.9. The molecule has 136 valence electrons. The van der Waals surface area contributed by atoms with E-state index >= 15 is 0 Å².